The van der Waals surface area contributed by atoms with Crippen molar-refractivity contribution in [2.24, 2.45) is 10.8 Å². The lowest BCUT2D eigenvalue weighted by atomic mass is 9.64. The molecular weight excluding hydrogens is 510 g/mol. The molecule has 0 unspecified atom stereocenters. The quantitative estimate of drug-likeness (QED) is 0.326. The van der Waals surface area contributed by atoms with Crippen LogP contribution in [0, 0.1) is 10.8 Å². The molecule has 0 bridgehead atoms. The number of rotatable bonds is 5. The van der Waals surface area contributed by atoms with E-state index >= 15 is 0 Å². The maximum atomic E-state index is 13.8. The molecule has 0 N–H and O–H groups in total. The van der Waals surface area contributed by atoms with Crippen LogP contribution in [-0.2, 0) is 16.2 Å². The number of fused-ring (bicyclic) bond motifs is 1. The first-order valence-corrected chi connectivity index (χ1v) is 14.5. The van der Waals surface area contributed by atoms with Crippen LogP contribution in [0.25, 0.3) is 10.8 Å². The van der Waals surface area contributed by atoms with Crippen LogP contribution in [0.1, 0.15) is 70.4 Å². The molecule has 6 rings (SSSR count). The van der Waals surface area contributed by atoms with Crippen LogP contribution in [-0.4, -0.2) is 30.6 Å². The molecule has 0 saturated carbocycles. The van der Waals surface area contributed by atoms with E-state index in [1.54, 1.807) is 7.11 Å². The number of Topliss-reactive ketones (excluding diaryl/α,β-unsaturated/α-hetero) is 2. The number of hydrogen-bond donors (Lipinski definition) is 0. The minimum Gasteiger partial charge on any atom is -0.493 e. The Hall–Kier alpha value is -3.86. The predicted octanol–water partition coefficient (Wildman–Crippen LogP) is 7.74. The van der Waals surface area contributed by atoms with Gasteiger partial charge in [0.05, 0.1) is 7.11 Å². The molecule has 2 aliphatic carbocycles. The average Bonchev–Trinajstić information content (AvgIpc) is 2.92. The third-order valence-corrected chi connectivity index (χ3v) is 8.96. The van der Waals surface area contributed by atoms with Gasteiger partial charge in [0.1, 0.15) is 6.61 Å². The first kappa shape index (κ1) is 27.3. The molecule has 41 heavy (non-hydrogen) atoms. The second kappa shape index (κ2) is 9.90. The van der Waals surface area contributed by atoms with Gasteiger partial charge < -0.3 is 14.4 Å². The van der Waals surface area contributed by atoms with E-state index in [2.05, 4.69) is 56.9 Å². The van der Waals surface area contributed by atoms with E-state index in [1.807, 2.05) is 43.4 Å². The molecule has 0 atom stereocenters. The summed E-state index contributed by atoms with van der Waals surface area (Å²) >= 11 is 0. The zero-order chi connectivity index (χ0) is 29.1. The highest BCUT2D eigenvalue weighted by Crippen LogP contribution is 2.54. The third-order valence-electron chi connectivity index (χ3n) is 8.96. The Balaban J connectivity index is 1.41. The summed E-state index contributed by atoms with van der Waals surface area (Å²) in [5, 5.41) is 2.33. The van der Waals surface area contributed by atoms with Gasteiger partial charge in [-0.15, -0.1) is 0 Å². The third kappa shape index (κ3) is 4.86. The van der Waals surface area contributed by atoms with Crippen molar-refractivity contribution in [1.29, 1.82) is 0 Å². The smallest absolute Gasteiger partial charge is 0.162 e. The summed E-state index contributed by atoms with van der Waals surface area (Å²) in [4.78, 5) is 29.8. The molecule has 5 nitrogen and oxygen atoms in total. The summed E-state index contributed by atoms with van der Waals surface area (Å²) in [6.45, 7) is 9.02. The minimum absolute atomic E-state index is 0.127. The molecule has 0 fully saturated rings. The van der Waals surface area contributed by atoms with E-state index in [1.165, 1.54) is 5.39 Å². The van der Waals surface area contributed by atoms with E-state index < -0.39 is 5.92 Å². The van der Waals surface area contributed by atoms with E-state index in [0.29, 0.717) is 30.9 Å². The Kier molecular flexibility index (Phi) is 6.60. The van der Waals surface area contributed by atoms with Crippen LogP contribution in [0.15, 0.2) is 83.2 Å². The number of allylic oxidation sites excluding steroid dienone is 4. The van der Waals surface area contributed by atoms with Crippen LogP contribution < -0.4 is 9.47 Å². The van der Waals surface area contributed by atoms with Crippen molar-refractivity contribution in [3.63, 3.8) is 0 Å². The number of carbonyl (C=O) groups is 2. The average molecular weight is 550 g/mol. The maximum Gasteiger partial charge on any atom is 0.162 e. The molecule has 0 aromatic heterocycles. The predicted molar refractivity (Wildman–Crippen MR) is 162 cm³/mol. The molecule has 3 aliphatic rings. The molecule has 1 heterocycles. The summed E-state index contributed by atoms with van der Waals surface area (Å²) in [6.07, 6.45) is 2.55. The minimum atomic E-state index is -0.399. The van der Waals surface area contributed by atoms with Crippen molar-refractivity contribution in [3.8, 4) is 11.5 Å². The Labute approximate surface area is 242 Å². The maximum absolute atomic E-state index is 13.8. The lowest BCUT2D eigenvalue weighted by molar-refractivity contribution is -0.119. The van der Waals surface area contributed by atoms with Gasteiger partial charge in [0.15, 0.2) is 23.1 Å². The van der Waals surface area contributed by atoms with Gasteiger partial charge in [-0.2, -0.15) is 0 Å². The van der Waals surface area contributed by atoms with Crippen LogP contribution in [0.4, 0.5) is 0 Å². The molecule has 0 amide bonds. The second-order valence-corrected chi connectivity index (χ2v) is 13.4. The van der Waals surface area contributed by atoms with Gasteiger partial charge in [0, 0.05) is 48.3 Å². The normalized spacial score (nSPS) is 20.3. The number of ether oxygens (including phenoxy) is 2. The van der Waals surface area contributed by atoms with Crippen LogP contribution in [0.5, 0.6) is 11.5 Å². The molecule has 3 aromatic rings. The van der Waals surface area contributed by atoms with E-state index in [-0.39, 0.29) is 22.4 Å². The number of methoxy groups -OCH3 is 1. The van der Waals surface area contributed by atoms with E-state index in [4.69, 9.17) is 9.47 Å². The van der Waals surface area contributed by atoms with E-state index in [0.717, 1.165) is 51.9 Å². The summed E-state index contributed by atoms with van der Waals surface area (Å²) in [7, 11) is 3.67. The number of nitrogens with zero attached hydrogens (tertiary/aromatic N) is 1. The monoisotopic (exact) mass is 549 g/mol. The summed E-state index contributed by atoms with van der Waals surface area (Å²) in [5.74, 6) is 1.09. The summed E-state index contributed by atoms with van der Waals surface area (Å²) in [6, 6.07) is 20.4. The SMILES string of the molecule is COc1cc(C2C3=C(CC(C)(C)CC3=O)N(C)C3=C2C(=O)CC(C)(C)C3)ccc1OCc1cccc2ccccc12. The van der Waals surface area contributed by atoms with Crippen molar-refractivity contribution < 1.29 is 19.1 Å². The molecule has 212 valence electrons. The summed E-state index contributed by atoms with van der Waals surface area (Å²) in [5.41, 5.74) is 5.38. The van der Waals surface area contributed by atoms with Crippen molar-refractivity contribution in [2.75, 3.05) is 14.2 Å². The fourth-order valence-electron chi connectivity index (χ4n) is 7.05. The Bertz CT molecular complexity index is 1580. The zero-order valence-electron chi connectivity index (χ0n) is 25.0. The lowest BCUT2D eigenvalue weighted by Crippen LogP contribution is -2.43. The van der Waals surface area contributed by atoms with Crippen molar-refractivity contribution in [2.45, 2.75) is 65.9 Å². The van der Waals surface area contributed by atoms with Gasteiger partial charge in [-0.25, -0.2) is 0 Å². The van der Waals surface area contributed by atoms with Gasteiger partial charge in [0.2, 0.25) is 0 Å². The molecule has 1 aliphatic heterocycles. The molecule has 0 saturated heterocycles. The number of hydrogen-bond acceptors (Lipinski definition) is 5. The number of ketones is 2. The fraction of sp³-hybridized carbons (Fsp3) is 0.389. The van der Waals surface area contributed by atoms with Crippen molar-refractivity contribution in [3.05, 3.63) is 94.3 Å². The summed E-state index contributed by atoms with van der Waals surface area (Å²) < 4.78 is 12.1. The highest BCUT2D eigenvalue weighted by Gasteiger charge is 2.48. The lowest BCUT2D eigenvalue weighted by Gasteiger charge is -2.47. The second-order valence-electron chi connectivity index (χ2n) is 13.4. The Morgan fingerprint density at radius 2 is 1.39 bits per heavy atom. The largest absolute Gasteiger partial charge is 0.493 e. The molecule has 0 spiro atoms. The Morgan fingerprint density at radius 3 is 2.02 bits per heavy atom. The molecule has 5 heteroatoms. The van der Waals surface area contributed by atoms with Crippen LogP contribution in [0.3, 0.4) is 0 Å². The topological polar surface area (TPSA) is 55.8 Å². The standard InChI is InChI=1S/C36H39NO4/c1-35(2)17-26-33(28(38)19-35)32(34-27(37(26)5)18-36(3,4)20-29(34)39)23-14-15-30(31(16-23)40-6)41-21-24-12-9-11-22-10-7-8-13-25(22)24/h7-16,32H,17-21H2,1-6H3. The molecule has 3 aromatic carbocycles. The first-order chi connectivity index (χ1) is 19.5. The van der Waals surface area contributed by atoms with Gasteiger partial charge in [0.25, 0.3) is 0 Å². The fourth-order valence-corrected chi connectivity index (χ4v) is 7.05. The number of benzene rings is 3. The molecule has 0 radical (unpaired) electrons. The van der Waals surface area contributed by atoms with Crippen molar-refractivity contribution >= 4 is 22.3 Å². The van der Waals surface area contributed by atoms with Crippen LogP contribution >= 0.6 is 0 Å². The highest BCUT2D eigenvalue weighted by molar-refractivity contribution is 6.06. The highest BCUT2D eigenvalue weighted by atomic mass is 16.5. The van der Waals surface area contributed by atoms with E-state index in [9.17, 15) is 9.59 Å². The first-order valence-electron chi connectivity index (χ1n) is 14.5. The zero-order valence-corrected chi connectivity index (χ0v) is 25.0. The van der Waals surface area contributed by atoms with Crippen LogP contribution in [0.2, 0.25) is 0 Å². The Morgan fingerprint density at radius 1 is 0.780 bits per heavy atom. The van der Waals surface area contributed by atoms with Gasteiger partial charge in [-0.1, -0.05) is 76.2 Å². The van der Waals surface area contributed by atoms with Gasteiger partial charge in [-0.3, -0.25) is 9.59 Å². The molecular formula is C36H39NO4. The van der Waals surface area contributed by atoms with Crippen molar-refractivity contribution in [1.82, 2.24) is 4.90 Å². The number of carbonyl (C=O) groups excluding carboxylic acids is 2. The van der Waals surface area contributed by atoms with Gasteiger partial charge in [-0.05, 0) is 57.7 Å². The van der Waals surface area contributed by atoms with Gasteiger partial charge >= 0.3 is 0 Å².